The van der Waals surface area contributed by atoms with E-state index in [0.29, 0.717) is 6.54 Å². The lowest BCUT2D eigenvalue weighted by Crippen LogP contribution is -2.40. The molecule has 7 heteroatoms. The van der Waals surface area contributed by atoms with Gasteiger partial charge in [0.05, 0.1) is 6.26 Å². The second-order valence-electron chi connectivity index (χ2n) is 3.56. The van der Waals surface area contributed by atoms with Crippen LogP contribution in [-0.2, 0) is 10.0 Å². The van der Waals surface area contributed by atoms with E-state index in [0.717, 1.165) is 25.5 Å². The van der Waals surface area contributed by atoms with Crippen molar-refractivity contribution in [1.29, 1.82) is 0 Å². The van der Waals surface area contributed by atoms with Crippen LogP contribution in [0.25, 0.3) is 0 Å². The Bertz CT molecular complexity index is 290. The number of unbranched alkanes of at least 4 members (excludes halogenated alkanes) is 2. The molecule has 0 aromatic heterocycles. The Morgan fingerprint density at radius 1 is 1.06 bits per heavy atom. The molecular weight excluding hydrogens is 230 g/mol. The first-order chi connectivity index (χ1) is 7.45. The van der Waals surface area contributed by atoms with E-state index in [9.17, 15) is 13.2 Å². The Balaban J connectivity index is 3.37. The number of carbonyl (C=O) groups excluding carboxylic acids is 1. The molecule has 0 aliphatic carbocycles. The van der Waals surface area contributed by atoms with Crippen LogP contribution in [-0.4, -0.2) is 40.3 Å². The molecule has 0 unspecified atom stereocenters. The second kappa shape index (κ2) is 8.35. The molecule has 0 aliphatic heterocycles. The Kier molecular flexibility index (Phi) is 7.92. The zero-order valence-electron chi connectivity index (χ0n) is 9.88. The van der Waals surface area contributed by atoms with Crippen LogP contribution < -0.4 is 15.4 Å². The summed E-state index contributed by atoms with van der Waals surface area (Å²) in [6.07, 6.45) is 4.25. The summed E-state index contributed by atoms with van der Waals surface area (Å²) in [5.41, 5.74) is 0. The lowest BCUT2D eigenvalue weighted by Gasteiger charge is -2.07. The van der Waals surface area contributed by atoms with E-state index < -0.39 is 10.0 Å². The highest BCUT2D eigenvalue weighted by molar-refractivity contribution is 7.88. The summed E-state index contributed by atoms with van der Waals surface area (Å²) < 4.78 is 23.6. The normalized spacial score (nSPS) is 11.1. The number of hydrogen-bond acceptors (Lipinski definition) is 3. The molecule has 6 nitrogen and oxygen atoms in total. The van der Waals surface area contributed by atoms with Gasteiger partial charge in [0.1, 0.15) is 0 Å². The summed E-state index contributed by atoms with van der Waals surface area (Å²) >= 11 is 0. The van der Waals surface area contributed by atoms with Crippen molar-refractivity contribution in [3.63, 3.8) is 0 Å². The quantitative estimate of drug-likeness (QED) is 0.532. The molecule has 0 aromatic rings. The molecule has 0 saturated heterocycles. The van der Waals surface area contributed by atoms with Crippen LogP contribution in [0.5, 0.6) is 0 Å². The predicted octanol–water partition coefficient (Wildman–Crippen LogP) is 0.0250. The molecule has 2 amide bonds. The largest absolute Gasteiger partial charge is 0.338 e. The van der Waals surface area contributed by atoms with Gasteiger partial charge >= 0.3 is 6.03 Å². The maximum Gasteiger partial charge on any atom is 0.314 e. The third kappa shape index (κ3) is 11.3. The number of hydrogen-bond donors (Lipinski definition) is 3. The molecule has 16 heavy (non-hydrogen) atoms. The summed E-state index contributed by atoms with van der Waals surface area (Å²) in [6.45, 7) is 3.24. The number of urea groups is 1. The molecule has 0 heterocycles. The van der Waals surface area contributed by atoms with Crippen LogP contribution in [0, 0.1) is 0 Å². The molecule has 0 aliphatic rings. The van der Waals surface area contributed by atoms with Gasteiger partial charge in [0.25, 0.3) is 0 Å². The minimum atomic E-state index is -3.17. The minimum Gasteiger partial charge on any atom is -0.338 e. The second-order valence-corrected chi connectivity index (χ2v) is 5.39. The molecule has 0 saturated carbocycles. The average molecular weight is 251 g/mol. The molecule has 96 valence electrons. The van der Waals surface area contributed by atoms with E-state index in [1.807, 2.05) is 0 Å². The molecule has 0 aromatic carbocycles. The van der Waals surface area contributed by atoms with Gasteiger partial charge in [-0.3, -0.25) is 0 Å². The third-order valence-corrected chi connectivity index (χ3v) is 2.57. The van der Waals surface area contributed by atoms with Gasteiger partial charge in [0.15, 0.2) is 0 Å². The molecule has 0 spiro atoms. The standard InChI is InChI=1S/C9H21N3O3S/c1-3-4-5-6-10-9(13)11-7-8-12-16(2,14)15/h12H,3-8H2,1-2H3,(H2,10,11,13). The molecular formula is C9H21N3O3S. The van der Waals surface area contributed by atoms with Crippen molar-refractivity contribution in [3.8, 4) is 0 Å². The van der Waals surface area contributed by atoms with Gasteiger partial charge in [-0.2, -0.15) is 0 Å². The Labute approximate surface area is 97.2 Å². The highest BCUT2D eigenvalue weighted by Crippen LogP contribution is 1.90. The number of amides is 2. The fourth-order valence-corrected chi connectivity index (χ4v) is 1.52. The smallest absolute Gasteiger partial charge is 0.314 e. The van der Waals surface area contributed by atoms with E-state index >= 15 is 0 Å². The van der Waals surface area contributed by atoms with Crippen LogP contribution in [0.1, 0.15) is 26.2 Å². The van der Waals surface area contributed by atoms with E-state index in [2.05, 4.69) is 22.3 Å². The molecule has 0 radical (unpaired) electrons. The maximum absolute atomic E-state index is 11.1. The van der Waals surface area contributed by atoms with Crippen LogP contribution in [0.15, 0.2) is 0 Å². The van der Waals surface area contributed by atoms with Gasteiger partial charge in [-0.15, -0.1) is 0 Å². The van der Waals surface area contributed by atoms with E-state index in [1.165, 1.54) is 0 Å². The summed E-state index contributed by atoms with van der Waals surface area (Å²) in [4.78, 5) is 11.1. The predicted molar refractivity (Wildman–Crippen MR) is 63.8 cm³/mol. The molecule has 0 bridgehead atoms. The zero-order valence-corrected chi connectivity index (χ0v) is 10.7. The van der Waals surface area contributed by atoms with Gasteiger partial charge < -0.3 is 10.6 Å². The maximum atomic E-state index is 11.1. The monoisotopic (exact) mass is 251 g/mol. The van der Waals surface area contributed by atoms with Gasteiger partial charge in [-0.1, -0.05) is 19.8 Å². The fraction of sp³-hybridized carbons (Fsp3) is 0.889. The van der Waals surface area contributed by atoms with E-state index in [1.54, 1.807) is 0 Å². The van der Waals surface area contributed by atoms with Crippen molar-refractivity contribution in [3.05, 3.63) is 0 Å². The van der Waals surface area contributed by atoms with Crippen molar-refractivity contribution in [2.45, 2.75) is 26.2 Å². The van der Waals surface area contributed by atoms with Gasteiger partial charge in [0.2, 0.25) is 10.0 Å². The SMILES string of the molecule is CCCCCNC(=O)NCCNS(C)(=O)=O. The number of carbonyl (C=O) groups is 1. The highest BCUT2D eigenvalue weighted by atomic mass is 32.2. The van der Waals surface area contributed by atoms with Crippen molar-refractivity contribution in [2.75, 3.05) is 25.9 Å². The third-order valence-electron chi connectivity index (χ3n) is 1.84. The van der Waals surface area contributed by atoms with E-state index in [4.69, 9.17) is 0 Å². The van der Waals surface area contributed by atoms with Crippen LogP contribution in [0.2, 0.25) is 0 Å². The van der Waals surface area contributed by atoms with Crippen LogP contribution in [0.4, 0.5) is 4.79 Å². The first-order valence-electron chi connectivity index (χ1n) is 5.42. The summed E-state index contributed by atoms with van der Waals surface area (Å²) in [5, 5.41) is 5.24. The first kappa shape index (κ1) is 15.2. The fourth-order valence-electron chi connectivity index (χ4n) is 1.05. The number of sulfonamides is 1. The molecule has 0 rings (SSSR count). The van der Waals surface area contributed by atoms with E-state index in [-0.39, 0.29) is 19.1 Å². The Morgan fingerprint density at radius 2 is 1.69 bits per heavy atom. The van der Waals surface area contributed by atoms with Crippen molar-refractivity contribution >= 4 is 16.1 Å². The summed E-state index contributed by atoms with van der Waals surface area (Å²) in [6, 6.07) is -0.258. The summed E-state index contributed by atoms with van der Waals surface area (Å²) in [7, 11) is -3.17. The Hall–Kier alpha value is -0.820. The zero-order chi connectivity index (χ0) is 12.4. The van der Waals surface area contributed by atoms with Gasteiger partial charge in [-0.25, -0.2) is 17.9 Å². The van der Waals surface area contributed by atoms with Gasteiger partial charge in [0, 0.05) is 19.6 Å². The average Bonchev–Trinajstić information content (AvgIpc) is 2.18. The minimum absolute atomic E-state index is 0.210. The Morgan fingerprint density at radius 3 is 2.25 bits per heavy atom. The topological polar surface area (TPSA) is 87.3 Å². The number of nitrogens with one attached hydrogen (secondary N) is 3. The molecule has 0 atom stereocenters. The van der Waals surface area contributed by atoms with Gasteiger partial charge in [-0.05, 0) is 6.42 Å². The lowest BCUT2D eigenvalue weighted by molar-refractivity contribution is 0.241. The first-order valence-corrected chi connectivity index (χ1v) is 7.31. The van der Waals surface area contributed by atoms with Crippen molar-refractivity contribution in [2.24, 2.45) is 0 Å². The van der Waals surface area contributed by atoms with Crippen molar-refractivity contribution in [1.82, 2.24) is 15.4 Å². The van der Waals surface area contributed by atoms with Crippen LogP contribution in [0.3, 0.4) is 0 Å². The number of rotatable bonds is 8. The highest BCUT2D eigenvalue weighted by Gasteiger charge is 2.01. The van der Waals surface area contributed by atoms with Crippen LogP contribution >= 0.6 is 0 Å². The molecule has 3 N–H and O–H groups in total. The molecule has 0 fully saturated rings. The van der Waals surface area contributed by atoms with Crippen molar-refractivity contribution < 1.29 is 13.2 Å². The summed E-state index contributed by atoms with van der Waals surface area (Å²) in [5.74, 6) is 0. The lowest BCUT2D eigenvalue weighted by atomic mass is 10.2.